The Morgan fingerprint density at radius 1 is 1.27 bits per heavy atom. The van der Waals surface area contributed by atoms with Gasteiger partial charge < -0.3 is 9.47 Å². The highest BCUT2D eigenvalue weighted by atomic mass is 16.5. The summed E-state index contributed by atoms with van der Waals surface area (Å²) in [7, 11) is 1.69. The second-order valence-corrected chi connectivity index (χ2v) is 3.52. The van der Waals surface area contributed by atoms with Crippen LogP contribution in [0.25, 0.3) is 0 Å². The normalized spacial score (nSPS) is 10.3. The van der Waals surface area contributed by atoms with Crippen molar-refractivity contribution in [2.45, 2.75) is 26.7 Å². The van der Waals surface area contributed by atoms with Crippen molar-refractivity contribution in [1.82, 2.24) is 4.98 Å². The summed E-state index contributed by atoms with van der Waals surface area (Å²) >= 11 is 0. The minimum absolute atomic E-state index is 0.660. The SMILES string of the molecule is CCc1cc(C)cc(OCCCOC)n1. The van der Waals surface area contributed by atoms with Crippen LogP contribution in [-0.2, 0) is 11.2 Å². The van der Waals surface area contributed by atoms with E-state index in [4.69, 9.17) is 9.47 Å². The average molecular weight is 209 g/mol. The van der Waals surface area contributed by atoms with Gasteiger partial charge in [-0.3, -0.25) is 0 Å². The van der Waals surface area contributed by atoms with Gasteiger partial charge in [-0.15, -0.1) is 0 Å². The van der Waals surface area contributed by atoms with Gasteiger partial charge in [0.15, 0.2) is 0 Å². The molecule has 1 rings (SSSR count). The fourth-order valence-electron chi connectivity index (χ4n) is 1.34. The first kappa shape index (κ1) is 12.0. The van der Waals surface area contributed by atoms with Gasteiger partial charge in [0, 0.05) is 31.9 Å². The lowest BCUT2D eigenvalue weighted by molar-refractivity contribution is 0.170. The molecule has 1 aromatic rings. The minimum Gasteiger partial charge on any atom is -0.478 e. The number of hydrogen-bond acceptors (Lipinski definition) is 3. The molecular weight excluding hydrogens is 190 g/mol. The quantitative estimate of drug-likeness (QED) is 0.674. The Labute approximate surface area is 91.4 Å². The van der Waals surface area contributed by atoms with Crippen molar-refractivity contribution in [3.8, 4) is 5.88 Å². The molecule has 15 heavy (non-hydrogen) atoms. The van der Waals surface area contributed by atoms with Gasteiger partial charge in [0.2, 0.25) is 5.88 Å². The predicted molar refractivity (Wildman–Crippen MR) is 60.3 cm³/mol. The van der Waals surface area contributed by atoms with Gasteiger partial charge in [0.05, 0.1) is 6.61 Å². The highest BCUT2D eigenvalue weighted by Crippen LogP contribution is 2.12. The molecule has 1 heterocycles. The van der Waals surface area contributed by atoms with E-state index >= 15 is 0 Å². The molecule has 0 radical (unpaired) electrons. The third-order valence-electron chi connectivity index (χ3n) is 2.10. The van der Waals surface area contributed by atoms with Crippen LogP contribution in [0.15, 0.2) is 12.1 Å². The highest BCUT2D eigenvalue weighted by Gasteiger charge is 1.99. The molecule has 0 unspecified atom stereocenters. The van der Waals surface area contributed by atoms with E-state index in [1.807, 2.05) is 6.07 Å². The molecule has 0 amide bonds. The Hall–Kier alpha value is -1.09. The van der Waals surface area contributed by atoms with Gasteiger partial charge in [-0.05, 0) is 25.0 Å². The van der Waals surface area contributed by atoms with Gasteiger partial charge in [0.25, 0.3) is 0 Å². The Bertz CT molecular complexity index is 300. The molecular formula is C12H19NO2. The van der Waals surface area contributed by atoms with E-state index in [9.17, 15) is 0 Å². The van der Waals surface area contributed by atoms with Crippen LogP contribution < -0.4 is 4.74 Å². The molecule has 1 aromatic heterocycles. The zero-order valence-corrected chi connectivity index (χ0v) is 9.75. The molecule has 0 saturated heterocycles. The fourth-order valence-corrected chi connectivity index (χ4v) is 1.34. The summed E-state index contributed by atoms with van der Waals surface area (Å²) < 4.78 is 10.5. The summed E-state index contributed by atoms with van der Waals surface area (Å²) in [6.07, 6.45) is 1.84. The third kappa shape index (κ3) is 4.30. The second kappa shape index (κ2) is 6.40. The Morgan fingerprint density at radius 2 is 2.07 bits per heavy atom. The monoisotopic (exact) mass is 209 g/mol. The van der Waals surface area contributed by atoms with E-state index in [0.29, 0.717) is 6.61 Å². The average Bonchev–Trinajstić information content (AvgIpc) is 2.23. The van der Waals surface area contributed by atoms with E-state index in [2.05, 4.69) is 24.9 Å². The molecule has 3 heteroatoms. The first-order valence-electron chi connectivity index (χ1n) is 5.35. The highest BCUT2D eigenvalue weighted by molar-refractivity contribution is 5.23. The van der Waals surface area contributed by atoms with E-state index in [1.165, 1.54) is 5.56 Å². The molecule has 0 aliphatic rings. The van der Waals surface area contributed by atoms with E-state index < -0.39 is 0 Å². The topological polar surface area (TPSA) is 31.4 Å². The van der Waals surface area contributed by atoms with Crippen molar-refractivity contribution in [2.75, 3.05) is 20.3 Å². The van der Waals surface area contributed by atoms with Gasteiger partial charge >= 0.3 is 0 Å². The number of hydrogen-bond donors (Lipinski definition) is 0. The van der Waals surface area contributed by atoms with Crippen LogP contribution in [0.3, 0.4) is 0 Å². The zero-order valence-electron chi connectivity index (χ0n) is 9.75. The van der Waals surface area contributed by atoms with E-state index in [-0.39, 0.29) is 0 Å². The molecule has 0 aliphatic carbocycles. The van der Waals surface area contributed by atoms with Crippen molar-refractivity contribution in [1.29, 1.82) is 0 Å². The van der Waals surface area contributed by atoms with Crippen molar-refractivity contribution >= 4 is 0 Å². The minimum atomic E-state index is 0.660. The maximum absolute atomic E-state index is 5.54. The van der Waals surface area contributed by atoms with Gasteiger partial charge in [-0.1, -0.05) is 6.92 Å². The van der Waals surface area contributed by atoms with Crippen LogP contribution in [0.5, 0.6) is 5.88 Å². The summed E-state index contributed by atoms with van der Waals surface area (Å²) in [4.78, 5) is 4.39. The molecule has 0 saturated carbocycles. The molecule has 0 spiro atoms. The van der Waals surface area contributed by atoms with E-state index in [0.717, 1.165) is 31.0 Å². The number of nitrogens with zero attached hydrogens (tertiary/aromatic N) is 1. The smallest absolute Gasteiger partial charge is 0.213 e. The van der Waals surface area contributed by atoms with E-state index in [1.54, 1.807) is 7.11 Å². The molecule has 0 fully saturated rings. The molecule has 0 N–H and O–H groups in total. The molecule has 0 atom stereocenters. The van der Waals surface area contributed by atoms with Crippen LogP contribution in [0, 0.1) is 6.92 Å². The maximum Gasteiger partial charge on any atom is 0.213 e. The van der Waals surface area contributed by atoms with Crippen molar-refractivity contribution < 1.29 is 9.47 Å². The molecule has 3 nitrogen and oxygen atoms in total. The fraction of sp³-hybridized carbons (Fsp3) is 0.583. The van der Waals surface area contributed by atoms with Gasteiger partial charge in [-0.25, -0.2) is 4.98 Å². The van der Waals surface area contributed by atoms with Gasteiger partial charge in [-0.2, -0.15) is 0 Å². The summed E-state index contributed by atoms with van der Waals surface area (Å²) in [5.41, 5.74) is 2.28. The lowest BCUT2D eigenvalue weighted by Gasteiger charge is -2.07. The number of rotatable bonds is 6. The number of ether oxygens (including phenoxy) is 2. The Morgan fingerprint density at radius 3 is 2.73 bits per heavy atom. The maximum atomic E-state index is 5.54. The number of aromatic nitrogens is 1. The van der Waals surface area contributed by atoms with Gasteiger partial charge in [0.1, 0.15) is 0 Å². The lowest BCUT2D eigenvalue weighted by Crippen LogP contribution is -2.03. The largest absolute Gasteiger partial charge is 0.478 e. The Balaban J connectivity index is 2.49. The van der Waals surface area contributed by atoms with Crippen LogP contribution in [0.2, 0.25) is 0 Å². The second-order valence-electron chi connectivity index (χ2n) is 3.52. The Kier molecular flexibility index (Phi) is 5.12. The molecule has 0 aromatic carbocycles. The summed E-state index contributed by atoms with van der Waals surface area (Å²) in [5.74, 6) is 0.725. The van der Waals surface area contributed by atoms with Crippen LogP contribution in [0.4, 0.5) is 0 Å². The van der Waals surface area contributed by atoms with Crippen LogP contribution in [0.1, 0.15) is 24.6 Å². The predicted octanol–water partition coefficient (Wildman–Crippen LogP) is 2.37. The summed E-state index contributed by atoms with van der Waals surface area (Å²) in [6.45, 7) is 5.54. The van der Waals surface area contributed by atoms with Crippen molar-refractivity contribution in [3.05, 3.63) is 23.4 Å². The molecule has 84 valence electrons. The molecule has 0 bridgehead atoms. The number of pyridine rings is 1. The van der Waals surface area contributed by atoms with Crippen molar-refractivity contribution in [3.63, 3.8) is 0 Å². The molecule has 0 aliphatic heterocycles. The van der Waals surface area contributed by atoms with Crippen LogP contribution >= 0.6 is 0 Å². The summed E-state index contributed by atoms with van der Waals surface area (Å²) in [5, 5.41) is 0. The van der Waals surface area contributed by atoms with Crippen molar-refractivity contribution in [2.24, 2.45) is 0 Å². The zero-order chi connectivity index (χ0) is 11.1. The summed E-state index contributed by atoms with van der Waals surface area (Å²) in [6, 6.07) is 4.05. The number of methoxy groups -OCH3 is 1. The lowest BCUT2D eigenvalue weighted by atomic mass is 10.2. The standard InChI is InChI=1S/C12H19NO2/c1-4-11-8-10(2)9-12(13-11)15-7-5-6-14-3/h8-9H,4-7H2,1-3H3. The first-order valence-corrected chi connectivity index (χ1v) is 5.35. The first-order chi connectivity index (χ1) is 7.26. The number of aryl methyl sites for hydroxylation is 2. The van der Waals surface area contributed by atoms with Crippen LogP contribution in [-0.4, -0.2) is 25.3 Å². The third-order valence-corrected chi connectivity index (χ3v) is 2.10.